The van der Waals surface area contributed by atoms with E-state index in [1.807, 2.05) is 41.4 Å². The van der Waals surface area contributed by atoms with Gasteiger partial charge in [0.2, 0.25) is 5.91 Å². The maximum Gasteiger partial charge on any atom is 0.223 e. The van der Waals surface area contributed by atoms with Crippen LogP contribution in [-0.2, 0) is 11.3 Å². The number of hydrogen-bond donors (Lipinski definition) is 1. The smallest absolute Gasteiger partial charge is 0.223 e. The Morgan fingerprint density at radius 1 is 1.22 bits per heavy atom. The van der Waals surface area contributed by atoms with E-state index in [0.717, 1.165) is 28.4 Å². The number of nitrogens with zero attached hydrogens (tertiary/aromatic N) is 2. The molecule has 1 saturated heterocycles. The van der Waals surface area contributed by atoms with E-state index in [9.17, 15) is 4.79 Å². The molecule has 1 atom stereocenters. The van der Waals surface area contributed by atoms with E-state index in [1.165, 1.54) is 5.56 Å². The van der Waals surface area contributed by atoms with Crippen molar-refractivity contribution in [2.24, 2.45) is 0 Å². The van der Waals surface area contributed by atoms with Crippen LogP contribution in [0.1, 0.15) is 29.3 Å². The molecule has 1 amide bonds. The van der Waals surface area contributed by atoms with Gasteiger partial charge in [-0.25, -0.2) is 4.98 Å². The second kappa shape index (κ2) is 7.27. The lowest BCUT2D eigenvalue weighted by Crippen LogP contribution is -2.24. The van der Waals surface area contributed by atoms with Crippen molar-refractivity contribution in [3.05, 3.63) is 71.7 Å². The Hall–Kier alpha value is -3.08. The summed E-state index contributed by atoms with van der Waals surface area (Å²) in [6, 6.07) is 16.1. The third kappa shape index (κ3) is 3.58. The minimum atomic E-state index is 0.0887. The average molecular weight is 361 g/mol. The number of aromatic amines is 1. The van der Waals surface area contributed by atoms with Crippen LogP contribution in [0.5, 0.6) is 5.75 Å². The van der Waals surface area contributed by atoms with Gasteiger partial charge in [-0.3, -0.25) is 4.79 Å². The average Bonchev–Trinajstić information content (AvgIpc) is 3.30. The SMILES string of the molecule is COc1ccccc1CN1CC(c2ncc(-c3cccc(C)c3)[nH]2)CC1=O. The number of hydrogen-bond acceptors (Lipinski definition) is 3. The molecule has 138 valence electrons. The van der Waals surface area contributed by atoms with Crippen LogP contribution in [0.4, 0.5) is 0 Å². The van der Waals surface area contributed by atoms with Crippen molar-refractivity contribution in [1.82, 2.24) is 14.9 Å². The van der Waals surface area contributed by atoms with Crippen molar-refractivity contribution < 1.29 is 9.53 Å². The van der Waals surface area contributed by atoms with Gasteiger partial charge in [0.1, 0.15) is 11.6 Å². The largest absolute Gasteiger partial charge is 0.496 e. The van der Waals surface area contributed by atoms with E-state index >= 15 is 0 Å². The predicted octanol–water partition coefficient (Wildman–Crippen LogP) is 3.91. The summed E-state index contributed by atoms with van der Waals surface area (Å²) in [5.41, 5.74) is 4.34. The lowest BCUT2D eigenvalue weighted by Gasteiger charge is -2.18. The van der Waals surface area contributed by atoms with Gasteiger partial charge in [0, 0.05) is 31.0 Å². The van der Waals surface area contributed by atoms with Crippen LogP contribution in [0, 0.1) is 6.92 Å². The first-order valence-corrected chi connectivity index (χ1v) is 9.15. The highest BCUT2D eigenvalue weighted by Gasteiger charge is 2.32. The normalized spacial score (nSPS) is 16.7. The zero-order chi connectivity index (χ0) is 18.8. The number of ether oxygens (including phenoxy) is 1. The number of methoxy groups -OCH3 is 1. The predicted molar refractivity (Wildman–Crippen MR) is 105 cm³/mol. The van der Waals surface area contributed by atoms with Gasteiger partial charge in [-0.15, -0.1) is 0 Å². The molecular formula is C22H23N3O2. The van der Waals surface area contributed by atoms with Gasteiger partial charge in [-0.2, -0.15) is 0 Å². The Bertz CT molecular complexity index is 963. The monoisotopic (exact) mass is 361 g/mol. The number of H-pyrrole nitrogens is 1. The zero-order valence-electron chi connectivity index (χ0n) is 15.6. The van der Waals surface area contributed by atoms with Crippen LogP contribution in [0.2, 0.25) is 0 Å². The number of nitrogens with one attached hydrogen (secondary N) is 1. The van der Waals surface area contributed by atoms with E-state index in [1.54, 1.807) is 7.11 Å². The molecule has 1 aliphatic rings. The third-order valence-corrected chi connectivity index (χ3v) is 5.08. The second-order valence-electron chi connectivity index (χ2n) is 7.04. The highest BCUT2D eigenvalue weighted by atomic mass is 16.5. The fourth-order valence-electron chi connectivity index (χ4n) is 3.65. The lowest BCUT2D eigenvalue weighted by atomic mass is 10.1. The number of aromatic nitrogens is 2. The summed E-state index contributed by atoms with van der Waals surface area (Å²) >= 11 is 0. The molecule has 1 aromatic heterocycles. The first-order chi connectivity index (χ1) is 13.1. The number of likely N-dealkylation sites (tertiary alicyclic amines) is 1. The fourth-order valence-corrected chi connectivity index (χ4v) is 3.65. The first kappa shape index (κ1) is 17.3. The summed E-state index contributed by atoms with van der Waals surface area (Å²) in [5.74, 6) is 1.93. The van der Waals surface area contributed by atoms with Crippen molar-refractivity contribution in [2.45, 2.75) is 25.8 Å². The van der Waals surface area contributed by atoms with E-state index < -0.39 is 0 Å². The quantitative estimate of drug-likeness (QED) is 0.750. The van der Waals surface area contributed by atoms with Crippen molar-refractivity contribution in [2.75, 3.05) is 13.7 Å². The van der Waals surface area contributed by atoms with Gasteiger partial charge in [0.15, 0.2) is 0 Å². The van der Waals surface area contributed by atoms with Gasteiger partial charge in [-0.05, 0) is 24.6 Å². The fraction of sp³-hybridized carbons (Fsp3) is 0.273. The van der Waals surface area contributed by atoms with Crippen LogP contribution in [0.3, 0.4) is 0 Å². The van der Waals surface area contributed by atoms with E-state index in [2.05, 4.69) is 35.1 Å². The summed E-state index contributed by atoms with van der Waals surface area (Å²) in [4.78, 5) is 22.4. The van der Waals surface area contributed by atoms with Crippen LogP contribution < -0.4 is 4.74 Å². The molecule has 0 radical (unpaired) electrons. The van der Waals surface area contributed by atoms with Crippen LogP contribution >= 0.6 is 0 Å². The van der Waals surface area contributed by atoms with Crippen LogP contribution in [-0.4, -0.2) is 34.4 Å². The molecule has 4 rings (SSSR count). The van der Waals surface area contributed by atoms with E-state index in [0.29, 0.717) is 19.5 Å². The molecule has 1 fully saturated rings. The second-order valence-corrected chi connectivity index (χ2v) is 7.04. The van der Waals surface area contributed by atoms with Gasteiger partial charge < -0.3 is 14.6 Å². The summed E-state index contributed by atoms with van der Waals surface area (Å²) in [5, 5.41) is 0. The molecule has 2 aromatic carbocycles. The molecule has 2 heterocycles. The molecule has 1 N–H and O–H groups in total. The van der Waals surface area contributed by atoms with Crippen molar-refractivity contribution in [3.8, 4) is 17.0 Å². The number of benzene rings is 2. The highest BCUT2D eigenvalue weighted by Crippen LogP contribution is 2.30. The van der Waals surface area contributed by atoms with Gasteiger partial charge in [0.05, 0.1) is 19.0 Å². The minimum absolute atomic E-state index is 0.0887. The standard InChI is InChI=1S/C22H23N3O2/c1-15-6-5-8-16(10-15)19-12-23-22(24-19)18-11-21(26)25(14-18)13-17-7-3-4-9-20(17)27-2/h3-10,12,18H,11,13-14H2,1-2H3,(H,23,24). The van der Waals surface area contributed by atoms with E-state index in [4.69, 9.17) is 4.74 Å². The maximum atomic E-state index is 12.5. The molecule has 5 nitrogen and oxygen atoms in total. The van der Waals surface area contributed by atoms with Crippen LogP contribution in [0.15, 0.2) is 54.7 Å². The number of carbonyl (C=O) groups is 1. The third-order valence-electron chi connectivity index (χ3n) is 5.08. The van der Waals surface area contributed by atoms with Crippen LogP contribution in [0.25, 0.3) is 11.3 Å². The Morgan fingerprint density at radius 2 is 2.07 bits per heavy atom. The number of imidazole rings is 1. The summed E-state index contributed by atoms with van der Waals surface area (Å²) in [6.07, 6.45) is 2.34. The Morgan fingerprint density at radius 3 is 2.89 bits per heavy atom. The molecule has 3 aromatic rings. The maximum absolute atomic E-state index is 12.5. The van der Waals surface area contributed by atoms with Gasteiger partial charge in [0.25, 0.3) is 0 Å². The lowest BCUT2D eigenvalue weighted by molar-refractivity contribution is -0.128. The molecule has 0 saturated carbocycles. The topological polar surface area (TPSA) is 58.2 Å². The highest BCUT2D eigenvalue weighted by molar-refractivity contribution is 5.79. The molecule has 1 aliphatic heterocycles. The van der Waals surface area contributed by atoms with Crippen molar-refractivity contribution in [1.29, 1.82) is 0 Å². The summed E-state index contributed by atoms with van der Waals surface area (Å²) in [6.45, 7) is 3.30. The number of rotatable bonds is 5. The molecule has 0 aliphatic carbocycles. The molecule has 5 heteroatoms. The Balaban J connectivity index is 1.49. The summed E-state index contributed by atoms with van der Waals surface area (Å²) in [7, 11) is 1.66. The van der Waals surface area contributed by atoms with E-state index in [-0.39, 0.29) is 11.8 Å². The minimum Gasteiger partial charge on any atom is -0.496 e. The number of para-hydroxylation sites is 1. The Labute approximate surface area is 159 Å². The molecule has 0 spiro atoms. The molecule has 27 heavy (non-hydrogen) atoms. The van der Waals surface area contributed by atoms with Crippen molar-refractivity contribution in [3.63, 3.8) is 0 Å². The van der Waals surface area contributed by atoms with Gasteiger partial charge in [-0.1, -0.05) is 42.0 Å². The zero-order valence-corrected chi connectivity index (χ0v) is 15.6. The Kier molecular flexibility index (Phi) is 4.67. The molecule has 1 unspecified atom stereocenters. The number of aryl methyl sites for hydroxylation is 1. The number of carbonyl (C=O) groups excluding carboxylic acids is 1. The summed E-state index contributed by atoms with van der Waals surface area (Å²) < 4.78 is 5.41. The first-order valence-electron chi connectivity index (χ1n) is 9.15. The number of amides is 1. The molecular weight excluding hydrogens is 338 g/mol. The van der Waals surface area contributed by atoms with Crippen molar-refractivity contribution >= 4 is 5.91 Å². The molecule has 0 bridgehead atoms. The van der Waals surface area contributed by atoms with Gasteiger partial charge >= 0.3 is 0 Å².